The van der Waals surface area contributed by atoms with Crippen molar-refractivity contribution in [2.24, 2.45) is 0 Å². The zero-order valence-electron chi connectivity index (χ0n) is 18.4. The minimum absolute atomic E-state index is 0.0289. The first kappa shape index (κ1) is 22.9. The molecule has 0 radical (unpaired) electrons. The second-order valence-electron chi connectivity index (χ2n) is 7.62. The summed E-state index contributed by atoms with van der Waals surface area (Å²) in [4.78, 5) is 29.4. The summed E-state index contributed by atoms with van der Waals surface area (Å²) in [5.41, 5.74) is 2.25. The van der Waals surface area contributed by atoms with E-state index in [1.807, 2.05) is 25.1 Å². The Balaban J connectivity index is 1.59. The largest absolute Gasteiger partial charge is 0.462 e. The number of nitrogens with one attached hydrogen (secondary N) is 1. The first-order valence-corrected chi connectivity index (χ1v) is 12.7. The average Bonchev–Trinajstić information content (AvgIpc) is 3.32. The van der Waals surface area contributed by atoms with E-state index in [1.54, 1.807) is 19.9 Å². The van der Waals surface area contributed by atoms with Crippen LogP contribution in [0.3, 0.4) is 0 Å². The molecule has 4 rings (SSSR count). The van der Waals surface area contributed by atoms with Crippen molar-refractivity contribution < 1.29 is 22.7 Å². The third-order valence-corrected chi connectivity index (χ3v) is 8.25. The zero-order chi connectivity index (χ0) is 23.8. The quantitative estimate of drug-likeness (QED) is 0.529. The minimum atomic E-state index is -3.87. The van der Waals surface area contributed by atoms with Crippen molar-refractivity contribution in [3.63, 3.8) is 0 Å². The summed E-state index contributed by atoms with van der Waals surface area (Å²) >= 11 is 1.01. The lowest BCUT2D eigenvalue weighted by molar-refractivity contribution is 0.0531. The molecule has 33 heavy (non-hydrogen) atoms. The lowest BCUT2D eigenvalue weighted by atomic mass is 10.1. The van der Waals surface area contributed by atoms with Crippen molar-refractivity contribution in [1.82, 2.24) is 4.98 Å². The molecule has 1 aliphatic rings. The fourth-order valence-electron chi connectivity index (χ4n) is 3.82. The Bertz CT molecular complexity index is 1330. The van der Waals surface area contributed by atoms with E-state index in [2.05, 4.69) is 10.3 Å². The van der Waals surface area contributed by atoms with Crippen LogP contribution < -0.4 is 9.62 Å². The number of hydrogen-bond donors (Lipinski definition) is 1. The minimum Gasteiger partial charge on any atom is -0.462 e. The third kappa shape index (κ3) is 4.36. The number of para-hydroxylation sites is 1. The van der Waals surface area contributed by atoms with Gasteiger partial charge < -0.3 is 4.74 Å². The Morgan fingerprint density at radius 2 is 1.97 bits per heavy atom. The molecule has 1 N–H and O–H groups in total. The van der Waals surface area contributed by atoms with Crippen LogP contribution in [0.2, 0.25) is 0 Å². The molecule has 0 spiro atoms. The van der Waals surface area contributed by atoms with E-state index in [0.717, 1.165) is 16.9 Å². The highest BCUT2D eigenvalue weighted by atomic mass is 32.2. The fraction of sp³-hybridized carbons (Fsp3) is 0.261. The smallest absolute Gasteiger partial charge is 0.350 e. The van der Waals surface area contributed by atoms with E-state index in [-0.39, 0.29) is 28.2 Å². The lowest BCUT2D eigenvalue weighted by Gasteiger charge is -2.24. The number of aryl methyl sites for hydroxylation is 1. The van der Waals surface area contributed by atoms with Gasteiger partial charge in [-0.05, 0) is 57.0 Å². The molecule has 3 aromatic rings. The summed E-state index contributed by atoms with van der Waals surface area (Å²) in [6.45, 7) is 5.46. The van der Waals surface area contributed by atoms with Gasteiger partial charge in [0.2, 0.25) is 0 Å². The highest BCUT2D eigenvalue weighted by Crippen LogP contribution is 2.36. The predicted octanol–water partition coefficient (Wildman–Crippen LogP) is 4.02. The fourth-order valence-corrected chi connectivity index (χ4v) is 6.41. The number of esters is 1. The molecule has 0 bridgehead atoms. The highest BCUT2D eigenvalue weighted by Gasteiger charge is 2.36. The first-order valence-electron chi connectivity index (χ1n) is 10.4. The van der Waals surface area contributed by atoms with Crippen molar-refractivity contribution in [3.05, 3.63) is 70.2 Å². The van der Waals surface area contributed by atoms with Gasteiger partial charge in [-0.1, -0.05) is 35.6 Å². The molecule has 1 aromatic heterocycles. The third-order valence-electron chi connectivity index (χ3n) is 5.28. The van der Waals surface area contributed by atoms with Crippen LogP contribution in [0.4, 0.5) is 10.8 Å². The van der Waals surface area contributed by atoms with Gasteiger partial charge in [-0.3, -0.25) is 14.4 Å². The molecule has 1 amide bonds. The van der Waals surface area contributed by atoms with Gasteiger partial charge in [-0.2, -0.15) is 0 Å². The molecule has 1 atom stereocenters. The standard InChI is InChI=1S/C23H23N3O5S2/c1-4-31-22(28)20-15(3)24-23(32-20)25-21(27)17-9-7-10-18(13-17)33(29,30)26-14(2)12-16-8-5-6-11-19(16)26/h5-11,13-14H,4,12H2,1-3H3,(H,24,25,27). The predicted molar refractivity (Wildman–Crippen MR) is 126 cm³/mol. The molecule has 8 nitrogen and oxygen atoms in total. The Labute approximate surface area is 196 Å². The van der Waals surface area contributed by atoms with Gasteiger partial charge in [0.15, 0.2) is 5.13 Å². The van der Waals surface area contributed by atoms with Gasteiger partial charge >= 0.3 is 5.97 Å². The summed E-state index contributed by atoms with van der Waals surface area (Å²) in [6, 6.07) is 13.1. The molecule has 0 aliphatic carbocycles. The molecule has 1 aliphatic heterocycles. The number of fused-ring (bicyclic) bond motifs is 1. The summed E-state index contributed by atoms with van der Waals surface area (Å²) in [7, 11) is -3.87. The monoisotopic (exact) mass is 485 g/mol. The first-order chi connectivity index (χ1) is 15.7. The number of benzene rings is 2. The van der Waals surface area contributed by atoms with Crippen LogP contribution in [-0.2, 0) is 21.2 Å². The molecular weight excluding hydrogens is 462 g/mol. The van der Waals surface area contributed by atoms with Gasteiger partial charge in [0, 0.05) is 11.6 Å². The van der Waals surface area contributed by atoms with Gasteiger partial charge in [0.25, 0.3) is 15.9 Å². The molecule has 0 fully saturated rings. The Kier molecular flexibility index (Phi) is 6.22. The summed E-state index contributed by atoms with van der Waals surface area (Å²) < 4.78 is 33.3. The van der Waals surface area contributed by atoms with Crippen LogP contribution in [0.15, 0.2) is 53.4 Å². The van der Waals surface area contributed by atoms with E-state index in [4.69, 9.17) is 4.74 Å². The van der Waals surface area contributed by atoms with Crippen molar-refractivity contribution in [2.45, 2.75) is 38.1 Å². The number of ether oxygens (including phenoxy) is 1. The Morgan fingerprint density at radius 1 is 1.21 bits per heavy atom. The summed E-state index contributed by atoms with van der Waals surface area (Å²) in [5, 5.41) is 2.87. The van der Waals surface area contributed by atoms with Crippen LogP contribution in [-0.4, -0.2) is 37.9 Å². The number of anilines is 2. The molecule has 10 heteroatoms. The van der Waals surface area contributed by atoms with E-state index in [9.17, 15) is 18.0 Å². The van der Waals surface area contributed by atoms with Crippen LogP contribution >= 0.6 is 11.3 Å². The average molecular weight is 486 g/mol. The number of rotatable bonds is 6. The molecule has 172 valence electrons. The maximum absolute atomic E-state index is 13.5. The van der Waals surface area contributed by atoms with E-state index < -0.39 is 21.9 Å². The van der Waals surface area contributed by atoms with Crippen LogP contribution in [0.25, 0.3) is 0 Å². The van der Waals surface area contributed by atoms with Crippen LogP contribution in [0.5, 0.6) is 0 Å². The molecule has 0 saturated carbocycles. The van der Waals surface area contributed by atoms with E-state index in [0.29, 0.717) is 22.7 Å². The van der Waals surface area contributed by atoms with Crippen molar-refractivity contribution >= 4 is 44.1 Å². The highest BCUT2D eigenvalue weighted by molar-refractivity contribution is 7.92. The number of thiazole rings is 1. The molecule has 1 unspecified atom stereocenters. The number of amides is 1. The second kappa shape index (κ2) is 8.95. The molecular formula is C23H23N3O5S2. The number of nitrogens with zero attached hydrogens (tertiary/aromatic N) is 2. The number of carbonyl (C=O) groups is 2. The summed E-state index contributed by atoms with van der Waals surface area (Å²) in [5.74, 6) is -1.02. The summed E-state index contributed by atoms with van der Waals surface area (Å²) in [6.07, 6.45) is 0.627. The zero-order valence-corrected chi connectivity index (χ0v) is 20.0. The van der Waals surface area contributed by atoms with Crippen molar-refractivity contribution in [1.29, 1.82) is 0 Å². The lowest BCUT2D eigenvalue weighted by Crippen LogP contribution is -2.35. The van der Waals surface area contributed by atoms with Crippen LogP contribution in [0, 0.1) is 6.92 Å². The topological polar surface area (TPSA) is 106 Å². The number of aromatic nitrogens is 1. The van der Waals surface area contributed by atoms with E-state index in [1.165, 1.54) is 28.6 Å². The molecule has 2 heterocycles. The number of carbonyl (C=O) groups excluding carboxylic acids is 2. The second-order valence-corrected chi connectivity index (χ2v) is 10.4. The van der Waals surface area contributed by atoms with Gasteiger partial charge in [-0.15, -0.1) is 0 Å². The maximum atomic E-state index is 13.5. The Hall–Kier alpha value is -3.24. The van der Waals surface area contributed by atoms with Crippen molar-refractivity contribution in [3.8, 4) is 0 Å². The Morgan fingerprint density at radius 3 is 2.73 bits per heavy atom. The number of hydrogen-bond acceptors (Lipinski definition) is 7. The van der Waals surface area contributed by atoms with Gasteiger partial charge in [0.1, 0.15) is 4.88 Å². The number of sulfonamides is 1. The SMILES string of the molecule is CCOC(=O)c1sc(NC(=O)c2cccc(S(=O)(=O)N3c4ccccc4CC3C)c2)nc1C. The van der Waals surface area contributed by atoms with Gasteiger partial charge in [0.05, 0.1) is 22.9 Å². The van der Waals surface area contributed by atoms with Gasteiger partial charge in [-0.25, -0.2) is 18.2 Å². The van der Waals surface area contributed by atoms with E-state index >= 15 is 0 Å². The van der Waals surface area contributed by atoms with Crippen molar-refractivity contribution in [2.75, 3.05) is 16.2 Å². The maximum Gasteiger partial charge on any atom is 0.350 e. The normalized spacial score (nSPS) is 15.2. The molecule has 0 saturated heterocycles. The van der Waals surface area contributed by atoms with Crippen LogP contribution in [0.1, 0.15) is 45.1 Å². The molecule has 2 aromatic carbocycles.